The van der Waals surface area contributed by atoms with Gasteiger partial charge < -0.3 is 0 Å². The second-order valence-corrected chi connectivity index (χ2v) is 3.80. The number of benzene rings is 1. The van der Waals surface area contributed by atoms with Crippen LogP contribution < -0.4 is 0 Å². The normalized spacial score (nSPS) is 9.92. The summed E-state index contributed by atoms with van der Waals surface area (Å²) in [5.74, 6) is 0. The van der Waals surface area contributed by atoms with Gasteiger partial charge in [-0.3, -0.25) is 4.79 Å². The molecule has 0 aliphatic heterocycles. The molecule has 1 nitrogen and oxygen atoms in total. The zero-order valence-electron chi connectivity index (χ0n) is 7.23. The highest BCUT2D eigenvalue weighted by molar-refractivity contribution is 14.1. The van der Waals surface area contributed by atoms with Crippen molar-refractivity contribution < 1.29 is 4.79 Å². The molecule has 0 aliphatic carbocycles. The predicted octanol–water partition coefficient (Wildman–Crippen LogP) is 2.97. The van der Waals surface area contributed by atoms with Gasteiger partial charge in [-0.25, -0.2) is 0 Å². The SMILES string of the molecule is CCc1ccc(C=O)c(I)c1C. The van der Waals surface area contributed by atoms with E-state index < -0.39 is 0 Å². The van der Waals surface area contributed by atoms with E-state index in [1.54, 1.807) is 0 Å². The molecular weight excluding hydrogens is 263 g/mol. The standard InChI is InChI=1S/C10H11IO/c1-3-8-4-5-9(6-12)10(11)7(8)2/h4-6H,3H2,1-2H3. The molecule has 0 amide bonds. The van der Waals surface area contributed by atoms with Gasteiger partial charge in [0.25, 0.3) is 0 Å². The monoisotopic (exact) mass is 274 g/mol. The van der Waals surface area contributed by atoms with Gasteiger partial charge in [0.15, 0.2) is 6.29 Å². The summed E-state index contributed by atoms with van der Waals surface area (Å²) in [5.41, 5.74) is 3.36. The van der Waals surface area contributed by atoms with Crippen LogP contribution in [0.3, 0.4) is 0 Å². The maximum atomic E-state index is 10.6. The van der Waals surface area contributed by atoms with E-state index in [0.717, 1.165) is 21.8 Å². The maximum absolute atomic E-state index is 10.6. The van der Waals surface area contributed by atoms with Crippen molar-refractivity contribution in [3.63, 3.8) is 0 Å². The van der Waals surface area contributed by atoms with Crippen molar-refractivity contribution in [1.82, 2.24) is 0 Å². The van der Waals surface area contributed by atoms with Crippen LogP contribution in [0.4, 0.5) is 0 Å². The van der Waals surface area contributed by atoms with Gasteiger partial charge >= 0.3 is 0 Å². The Morgan fingerprint density at radius 1 is 1.50 bits per heavy atom. The van der Waals surface area contributed by atoms with Gasteiger partial charge in [-0.1, -0.05) is 19.1 Å². The van der Waals surface area contributed by atoms with Gasteiger partial charge in [0.2, 0.25) is 0 Å². The third-order valence-electron chi connectivity index (χ3n) is 2.04. The number of rotatable bonds is 2. The highest BCUT2D eigenvalue weighted by Gasteiger charge is 2.04. The van der Waals surface area contributed by atoms with E-state index in [2.05, 4.69) is 36.4 Å². The number of hydrogen-bond donors (Lipinski definition) is 0. The Morgan fingerprint density at radius 3 is 2.67 bits per heavy atom. The average Bonchev–Trinajstić information content (AvgIpc) is 2.10. The quantitative estimate of drug-likeness (QED) is 0.598. The fraction of sp³-hybridized carbons (Fsp3) is 0.300. The van der Waals surface area contributed by atoms with Crippen LogP contribution in [-0.4, -0.2) is 6.29 Å². The molecule has 1 rings (SSSR count). The predicted molar refractivity (Wildman–Crippen MR) is 58.7 cm³/mol. The lowest BCUT2D eigenvalue weighted by molar-refractivity contribution is 0.112. The molecule has 1 aromatic rings. The van der Waals surface area contributed by atoms with Gasteiger partial charge in [-0.2, -0.15) is 0 Å². The number of hydrogen-bond acceptors (Lipinski definition) is 1. The highest BCUT2D eigenvalue weighted by atomic mass is 127. The molecule has 64 valence electrons. The maximum Gasteiger partial charge on any atom is 0.151 e. The summed E-state index contributed by atoms with van der Waals surface area (Å²) >= 11 is 2.22. The lowest BCUT2D eigenvalue weighted by Crippen LogP contribution is -1.94. The van der Waals surface area contributed by atoms with Crippen LogP contribution in [0.1, 0.15) is 28.4 Å². The van der Waals surface area contributed by atoms with Crippen LogP contribution in [0.5, 0.6) is 0 Å². The van der Waals surface area contributed by atoms with E-state index in [4.69, 9.17) is 0 Å². The molecule has 0 N–H and O–H groups in total. The number of carbonyl (C=O) groups excluding carboxylic acids is 1. The molecule has 0 aromatic heterocycles. The summed E-state index contributed by atoms with van der Waals surface area (Å²) in [4.78, 5) is 10.6. The molecule has 0 atom stereocenters. The molecule has 0 bridgehead atoms. The number of aryl methyl sites for hydroxylation is 1. The molecule has 12 heavy (non-hydrogen) atoms. The molecule has 2 heteroatoms. The first kappa shape index (κ1) is 9.71. The van der Waals surface area contributed by atoms with Crippen LogP contribution in [0.25, 0.3) is 0 Å². The Labute approximate surface area is 86.3 Å². The van der Waals surface area contributed by atoms with Crippen LogP contribution in [0, 0.1) is 10.5 Å². The highest BCUT2D eigenvalue weighted by Crippen LogP contribution is 2.19. The minimum absolute atomic E-state index is 0.797. The first-order chi connectivity index (χ1) is 5.70. The molecule has 0 fully saturated rings. The Bertz CT molecular complexity index is 305. The third kappa shape index (κ3) is 1.68. The fourth-order valence-corrected chi connectivity index (χ4v) is 1.87. The summed E-state index contributed by atoms with van der Waals surface area (Å²) < 4.78 is 1.09. The second kappa shape index (κ2) is 4.03. The lowest BCUT2D eigenvalue weighted by atomic mass is 10.0. The van der Waals surface area contributed by atoms with Crippen LogP contribution in [0.2, 0.25) is 0 Å². The largest absolute Gasteiger partial charge is 0.298 e. The average molecular weight is 274 g/mol. The molecule has 0 radical (unpaired) electrons. The van der Waals surface area contributed by atoms with Crippen LogP contribution >= 0.6 is 22.6 Å². The van der Waals surface area contributed by atoms with Crippen molar-refractivity contribution in [2.45, 2.75) is 20.3 Å². The zero-order chi connectivity index (χ0) is 9.14. The first-order valence-corrected chi connectivity index (χ1v) is 5.01. The van der Waals surface area contributed by atoms with Gasteiger partial charge in [-0.15, -0.1) is 0 Å². The van der Waals surface area contributed by atoms with Crippen molar-refractivity contribution in [3.8, 4) is 0 Å². The van der Waals surface area contributed by atoms with E-state index in [0.29, 0.717) is 0 Å². The minimum Gasteiger partial charge on any atom is -0.298 e. The molecule has 0 saturated heterocycles. The van der Waals surface area contributed by atoms with Gasteiger partial charge in [0.05, 0.1) is 0 Å². The molecular formula is C10H11IO. The Balaban J connectivity index is 3.29. The van der Waals surface area contributed by atoms with Crippen molar-refractivity contribution >= 4 is 28.9 Å². The molecule has 0 spiro atoms. The first-order valence-electron chi connectivity index (χ1n) is 3.93. The number of carbonyl (C=O) groups is 1. The Kier molecular flexibility index (Phi) is 3.26. The van der Waals surface area contributed by atoms with Gasteiger partial charge in [0.1, 0.15) is 0 Å². The second-order valence-electron chi connectivity index (χ2n) is 2.72. The molecule has 0 saturated carbocycles. The number of halogens is 1. The van der Waals surface area contributed by atoms with Crippen molar-refractivity contribution in [3.05, 3.63) is 32.4 Å². The van der Waals surface area contributed by atoms with E-state index in [1.807, 2.05) is 12.1 Å². The Morgan fingerprint density at radius 2 is 2.17 bits per heavy atom. The number of aldehydes is 1. The summed E-state index contributed by atoms with van der Waals surface area (Å²) in [7, 11) is 0. The molecule has 0 unspecified atom stereocenters. The smallest absolute Gasteiger partial charge is 0.151 e. The summed E-state index contributed by atoms with van der Waals surface area (Å²) in [6, 6.07) is 3.92. The summed E-state index contributed by atoms with van der Waals surface area (Å²) in [6.45, 7) is 4.19. The van der Waals surface area contributed by atoms with E-state index >= 15 is 0 Å². The van der Waals surface area contributed by atoms with E-state index in [1.165, 1.54) is 11.1 Å². The Hall–Kier alpha value is -0.380. The topological polar surface area (TPSA) is 17.1 Å². The van der Waals surface area contributed by atoms with E-state index in [9.17, 15) is 4.79 Å². The summed E-state index contributed by atoms with van der Waals surface area (Å²) in [6.07, 6.45) is 1.94. The van der Waals surface area contributed by atoms with Crippen LogP contribution in [-0.2, 0) is 6.42 Å². The third-order valence-corrected chi connectivity index (χ3v) is 3.47. The van der Waals surface area contributed by atoms with Crippen molar-refractivity contribution in [1.29, 1.82) is 0 Å². The summed E-state index contributed by atoms with van der Waals surface area (Å²) in [5, 5.41) is 0. The lowest BCUT2D eigenvalue weighted by Gasteiger charge is -2.06. The minimum atomic E-state index is 0.797. The fourth-order valence-electron chi connectivity index (χ4n) is 1.22. The molecule has 1 aromatic carbocycles. The van der Waals surface area contributed by atoms with Gasteiger partial charge in [-0.05, 0) is 47.1 Å². The molecule has 0 heterocycles. The van der Waals surface area contributed by atoms with Crippen molar-refractivity contribution in [2.75, 3.05) is 0 Å². The van der Waals surface area contributed by atoms with Gasteiger partial charge in [0, 0.05) is 9.13 Å². The van der Waals surface area contributed by atoms with Crippen molar-refractivity contribution in [2.24, 2.45) is 0 Å². The van der Waals surface area contributed by atoms with Crippen LogP contribution in [0.15, 0.2) is 12.1 Å². The van der Waals surface area contributed by atoms with E-state index in [-0.39, 0.29) is 0 Å². The molecule has 0 aliphatic rings. The zero-order valence-corrected chi connectivity index (χ0v) is 9.38.